The minimum Gasteiger partial charge on any atom is -0.444 e. The summed E-state index contributed by atoms with van der Waals surface area (Å²) >= 11 is 0. The van der Waals surface area contributed by atoms with Gasteiger partial charge in [0.25, 0.3) is 0 Å². The van der Waals surface area contributed by atoms with E-state index in [0.717, 1.165) is 6.07 Å². The van der Waals surface area contributed by atoms with Crippen molar-refractivity contribution in [2.24, 2.45) is 0 Å². The predicted molar refractivity (Wildman–Crippen MR) is 80.9 cm³/mol. The van der Waals surface area contributed by atoms with E-state index in [1.807, 2.05) is 0 Å². The summed E-state index contributed by atoms with van der Waals surface area (Å²) in [6.45, 7) is 7.07. The van der Waals surface area contributed by atoms with Gasteiger partial charge in [-0.15, -0.1) is 13.2 Å². The van der Waals surface area contributed by atoms with Gasteiger partial charge in [-0.1, -0.05) is 6.07 Å². The van der Waals surface area contributed by atoms with E-state index < -0.39 is 23.9 Å². The number of halogens is 3. The number of nitrogens with zero attached hydrogens (tertiary/aromatic N) is 3. The second kappa shape index (κ2) is 6.74. The van der Waals surface area contributed by atoms with Crippen LogP contribution >= 0.6 is 0 Å². The van der Waals surface area contributed by atoms with Gasteiger partial charge >= 0.3 is 12.5 Å². The minimum atomic E-state index is -4.78. The molecular weight excluding hydrogens is 327 g/mol. The maximum atomic E-state index is 12.3. The number of alkyl halides is 3. The number of carbonyl (C=O) groups excluding carboxylic acids is 1. The van der Waals surface area contributed by atoms with Crippen LogP contribution in [0, 0.1) is 0 Å². The molecule has 1 amide bonds. The van der Waals surface area contributed by atoms with Crippen molar-refractivity contribution < 1.29 is 27.4 Å². The number of piperazine rings is 1. The Bertz CT molecular complexity index is 579. The van der Waals surface area contributed by atoms with E-state index in [1.54, 1.807) is 36.6 Å². The quantitative estimate of drug-likeness (QED) is 0.823. The SMILES string of the molecule is CC(C)(C)OC(=O)N1CCN(c2cccc(OC(F)(F)F)n2)CC1. The zero-order valence-corrected chi connectivity index (χ0v) is 13.8. The highest BCUT2D eigenvalue weighted by molar-refractivity contribution is 5.68. The fourth-order valence-electron chi connectivity index (χ4n) is 2.20. The van der Waals surface area contributed by atoms with Crippen LogP contribution in [0.2, 0.25) is 0 Å². The smallest absolute Gasteiger partial charge is 0.444 e. The number of amides is 1. The van der Waals surface area contributed by atoms with E-state index in [1.165, 1.54) is 6.07 Å². The predicted octanol–water partition coefficient (Wildman–Crippen LogP) is 3.04. The van der Waals surface area contributed by atoms with Gasteiger partial charge in [-0.25, -0.2) is 4.79 Å². The number of pyridine rings is 1. The van der Waals surface area contributed by atoms with Gasteiger partial charge in [0.15, 0.2) is 0 Å². The molecule has 1 saturated heterocycles. The van der Waals surface area contributed by atoms with Gasteiger partial charge in [-0.3, -0.25) is 0 Å². The molecule has 1 aliphatic heterocycles. The highest BCUT2D eigenvalue weighted by Crippen LogP contribution is 2.24. The van der Waals surface area contributed by atoms with Crippen molar-refractivity contribution in [3.05, 3.63) is 18.2 Å². The Balaban J connectivity index is 1.95. The second-order valence-corrected chi connectivity index (χ2v) is 6.34. The second-order valence-electron chi connectivity index (χ2n) is 6.34. The van der Waals surface area contributed by atoms with Crippen molar-refractivity contribution in [3.63, 3.8) is 0 Å². The number of ether oxygens (including phenoxy) is 2. The summed E-state index contributed by atoms with van der Waals surface area (Å²) in [5.41, 5.74) is -0.570. The first-order valence-corrected chi connectivity index (χ1v) is 7.49. The molecule has 0 atom stereocenters. The van der Waals surface area contributed by atoms with Gasteiger partial charge in [0.05, 0.1) is 0 Å². The molecule has 0 aliphatic carbocycles. The number of rotatable bonds is 2. The Morgan fingerprint density at radius 3 is 2.29 bits per heavy atom. The molecule has 1 aromatic rings. The van der Waals surface area contributed by atoms with Crippen molar-refractivity contribution >= 4 is 11.9 Å². The zero-order chi connectivity index (χ0) is 18.0. The van der Waals surface area contributed by atoms with Crippen LogP contribution < -0.4 is 9.64 Å². The van der Waals surface area contributed by atoms with E-state index in [-0.39, 0.29) is 0 Å². The van der Waals surface area contributed by atoms with Gasteiger partial charge in [0.2, 0.25) is 5.88 Å². The lowest BCUT2D eigenvalue weighted by atomic mass is 10.2. The Hall–Kier alpha value is -2.19. The third kappa shape index (κ3) is 5.47. The summed E-state index contributed by atoms with van der Waals surface area (Å²) in [5, 5.41) is 0. The van der Waals surface area contributed by atoms with Crippen molar-refractivity contribution in [1.82, 2.24) is 9.88 Å². The van der Waals surface area contributed by atoms with E-state index in [0.29, 0.717) is 32.0 Å². The van der Waals surface area contributed by atoms with E-state index in [4.69, 9.17) is 4.74 Å². The first-order chi connectivity index (χ1) is 11.0. The summed E-state index contributed by atoms with van der Waals surface area (Å²) < 4.78 is 45.9. The van der Waals surface area contributed by atoms with Crippen molar-refractivity contribution in [3.8, 4) is 5.88 Å². The van der Waals surface area contributed by atoms with Crippen molar-refractivity contribution in [1.29, 1.82) is 0 Å². The third-order valence-corrected chi connectivity index (χ3v) is 3.18. The van der Waals surface area contributed by atoms with Crippen LogP contribution in [0.5, 0.6) is 5.88 Å². The highest BCUT2D eigenvalue weighted by atomic mass is 19.4. The van der Waals surface area contributed by atoms with Crippen LogP contribution in [0.1, 0.15) is 20.8 Å². The Kier molecular flexibility index (Phi) is 5.10. The van der Waals surface area contributed by atoms with Crippen LogP contribution in [0.4, 0.5) is 23.8 Å². The highest BCUT2D eigenvalue weighted by Gasteiger charge is 2.32. The van der Waals surface area contributed by atoms with Crippen LogP contribution in [0.25, 0.3) is 0 Å². The Morgan fingerprint density at radius 1 is 1.12 bits per heavy atom. The molecule has 0 N–H and O–H groups in total. The van der Waals surface area contributed by atoms with Gasteiger partial charge in [0, 0.05) is 32.2 Å². The summed E-state index contributed by atoms with van der Waals surface area (Å²) in [4.78, 5) is 19.2. The van der Waals surface area contributed by atoms with Crippen LogP contribution in [0.3, 0.4) is 0 Å². The molecule has 0 radical (unpaired) electrons. The third-order valence-electron chi connectivity index (χ3n) is 3.18. The van der Waals surface area contributed by atoms with Crippen LogP contribution in [-0.2, 0) is 4.74 Å². The minimum absolute atomic E-state index is 0.376. The fourth-order valence-corrected chi connectivity index (χ4v) is 2.20. The van der Waals surface area contributed by atoms with Gasteiger partial charge in [0.1, 0.15) is 11.4 Å². The molecule has 134 valence electrons. The number of carbonyl (C=O) groups is 1. The fraction of sp³-hybridized carbons (Fsp3) is 0.600. The van der Waals surface area contributed by atoms with Crippen molar-refractivity contribution in [2.45, 2.75) is 32.7 Å². The number of aromatic nitrogens is 1. The lowest BCUT2D eigenvalue weighted by Crippen LogP contribution is -2.50. The van der Waals surface area contributed by atoms with Gasteiger partial charge < -0.3 is 19.3 Å². The van der Waals surface area contributed by atoms with Crippen LogP contribution in [-0.4, -0.2) is 54.1 Å². The molecule has 0 bridgehead atoms. The maximum Gasteiger partial charge on any atom is 0.574 e. The number of anilines is 1. The standard InChI is InChI=1S/C15H20F3N3O3/c1-14(2,3)24-13(22)21-9-7-20(8-10-21)11-5-4-6-12(19-11)23-15(16,17)18/h4-6H,7-10H2,1-3H3. The molecule has 0 unspecified atom stereocenters. The largest absolute Gasteiger partial charge is 0.574 e. The van der Waals surface area contributed by atoms with Crippen molar-refractivity contribution in [2.75, 3.05) is 31.1 Å². The van der Waals surface area contributed by atoms with E-state index >= 15 is 0 Å². The molecule has 0 saturated carbocycles. The molecule has 9 heteroatoms. The summed E-state index contributed by atoms with van der Waals surface area (Å²) in [7, 11) is 0. The number of hydrogen-bond acceptors (Lipinski definition) is 5. The average Bonchev–Trinajstić information content (AvgIpc) is 2.44. The molecule has 1 fully saturated rings. The maximum absolute atomic E-state index is 12.3. The lowest BCUT2D eigenvalue weighted by molar-refractivity contribution is -0.276. The topological polar surface area (TPSA) is 54.9 Å². The van der Waals surface area contributed by atoms with E-state index in [9.17, 15) is 18.0 Å². The lowest BCUT2D eigenvalue weighted by Gasteiger charge is -2.36. The summed E-state index contributed by atoms with van der Waals surface area (Å²) in [6.07, 6.45) is -5.18. The normalized spacial score (nSPS) is 16.1. The first kappa shape index (κ1) is 18.2. The zero-order valence-electron chi connectivity index (χ0n) is 13.8. The molecule has 2 rings (SSSR count). The Morgan fingerprint density at radius 2 is 1.75 bits per heavy atom. The molecule has 24 heavy (non-hydrogen) atoms. The molecular formula is C15H20F3N3O3. The molecule has 1 aliphatic rings. The monoisotopic (exact) mass is 347 g/mol. The average molecular weight is 347 g/mol. The molecule has 0 aromatic carbocycles. The molecule has 1 aromatic heterocycles. The van der Waals surface area contributed by atoms with E-state index in [2.05, 4.69) is 9.72 Å². The first-order valence-electron chi connectivity index (χ1n) is 7.49. The summed E-state index contributed by atoms with van der Waals surface area (Å²) in [6, 6.07) is 4.20. The van der Waals surface area contributed by atoms with Crippen LogP contribution in [0.15, 0.2) is 18.2 Å². The van der Waals surface area contributed by atoms with Gasteiger partial charge in [-0.05, 0) is 26.8 Å². The number of hydrogen-bond donors (Lipinski definition) is 0. The molecule has 6 nitrogen and oxygen atoms in total. The molecule has 0 spiro atoms. The Labute approximate surface area is 138 Å². The molecule has 2 heterocycles. The summed E-state index contributed by atoms with van der Waals surface area (Å²) in [5.74, 6) is -0.129. The van der Waals surface area contributed by atoms with Gasteiger partial charge in [-0.2, -0.15) is 4.98 Å².